The number of amides is 3. The number of piperazine rings is 1. The highest BCUT2D eigenvalue weighted by Gasteiger charge is 2.39. The Morgan fingerprint density at radius 3 is 2.21 bits per heavy atom. The van der Waals surface area contributed by atoms with E-state index in [-0.39, 0.29) is 29.7 Å². The van der Waals surface area contributed by atoms with Gasteiger partial charge in [-0.3, -0.25) is 14.4 Å². The summed E-state index contributed by atoms with van der Waals surface area (Å²) < 4.78 is 0. The highest BCUT2D eigenvalue weighted by molar-refractivity contribution is 6.30. The minimum Gasteiger partial charge on any atom is -0.339 e. The lowest BCUT2D eigenvalue weighted by Crippen LogP contribution is -2.52. The maximum atomic E-state index is 12.9. The molecule has 2 fully saturated rings. The zero-order chi connectivity index (χ0) is 21.0. The van der Waals surface area contributed by atoms with E-state index < -0.39 is 0 Å². The standard InChI is InChI=1S/C22H30ClN3O3/c1-3-19(4-2)26-15-17(14-21(26)28)22(29)25-11-9-24(10-12-25)20(27)13-16-5-7-18(23)8-6-16/h5-8,17,19H,3-4,9-15H2,1-2H3. The number of carbonyl (C=O) groups is 3. The summed E-state index contributed by atoms with van der Waals surface area (Å²) in [7, 11) is 0. The third-order valence-electron chi connectivity index (χ3n) is 6.10. The van der Waals surface area contributed by atoms with Crippen LogP contribution in [-0.2, 0) is 20.8 Å². The Labute approximate surface area is 177 Å². The molecule has 1 atom stereocenters. The fraction of sp³-hybridized carbons (Fsp3) is 0.591. The van der Waals surface area contributed by atoms with Gasteiger partial charge in [-0.1, -0.05) is 37.6 Å². The normalized spacial score (nSPS) is 19.9. The number of hydrogen-bond acceptors (Lipinski definition) is 3. The summed E-state index contributed by atoms with van der Waals surface area (Å²) in [4.78, 5) is 43.4. The first-order chi connectivity index (χ1) is 13.9. The summed E-state index contributed by atoms with van der Waals surface area (Å²) >= 11 is 5.89. The largest absolute Gasteiger partial charge is 0.339 e. The Kier molecular flexibility index (Phi) is 7.17. The maximum absolute atomic E-state index is 12.9. The topological polar surface area (TPSA) is 60.9 Å². The third-order valence-corrected chi connectivity index (χ3v) is 6.36. The fourth-order valence-corrected chi connectivity index (χ4v) is 4.43. The zero-order valence-electron chi connectivity index (χ0n) is 17.3. The first-order valence-corrected chi connectivity index (χ1v) is 10.9. The van der Waals surface area contributed by atoms with Gasteiger partial charge < -0.3 is 14.7 Å². The second-order valence-corrected chi connectivity index (χ2v) is 8.36. The summed E-state index contributed by atoms with van der Waals surface area (Å²) in [6, 6.07) is 7.52. The van der Waals surface area contributed by atoms with Crippen LogP contribution in [0.4, 0.5) is 0 Å². The number of rotatable bonds is 6. The van der Waals surface area contributed by atoms with Gasteiger partial charge in [0.25, 0.3) is 0 Å². The molecule has 7 heteroatoms. The van der Waals surface area contributed by atoms with Crippen LogP contribution in [0.5, 0.6) is 0 Å². The lowest BCUT2D eigenvalue weighted by Gasteiger charge is -2.36. The van der Waals surface area contributed by atoms with Crippen LogP contribution in [0.2, 0.25) is 5.02 Å². The van der Waals surface area contributed by atoms with E-state index >= 15 is 0 Å². The Bertz CT molecular complexity index is 740. The van der Waals surface area contributed by atoms with Crippen LogP contribution >= 0.6 is 11.6 Å². The van der Waals surface area contributed by atoms with E-state index in [2.05, 4.69) is 13.8 Å². The summed E-state index contributed by atoms with van der Waals surface area (Å²) in [6.07, 6.45) is 2.48. The first-order valence-electron chi connectivity index (χ1n) is 10.5. The molecule has 1 unspecified atom stereocenters. The van der Waals surface area contributed by atoms with E-state index in [1.54, 1.807) is 12.1 Å². The van der Waals surface area contributed by atoms with E-state index in [1.165, 1.54) is 0 Å². The predicted octanol–water partition coefficient (Wildman–Crippen LogP) is 2.59. The number of likely N-dealkylation sites (tertiary alicyclic amines) is 1. The molecule has 2 heterocycles. The monoisotopic (exact) mass is 419 g/mol. The quantitative estimate of drug-likeness (QED) is 0.712. The van der Waals surface area contributed by atoms with Gasteiger partial charge in [-0.2, -0.15) is 0 Å². The Morgan fingerprint density at radius 2 is 1.62 bits per heavy atom. The first kappa shape index (κ1) is 21.6. The van der Waals surface area contributed by atoms with E-state index in [9.17, 15) is 14.4 Å². The summed E-state index contributed by atoms with van der Waals surface area (Å²) in [5, 5.41) is 0.654. The molecular weight excluding hydrogens is 390 g/mol. The molecule has 2 saturated heterocycles. The van der Waals surface area contributed by atoms with Gasteiger partial charge >= 0.3 is 0 Å². The number of benzene rings is 1. The molecule has 158 valence electrons. The fourth-order valence-electron chi connectivity index (χ4n) is 4.30. The minimum atomic E-state index is -0.251. The van der Waals surface area contributed by atoms with Crippen molar-refractivity contribution in [3.63, 3.8) is 0 Å². The SMILES string of the molecule is CCC(CC)N1CC(C(=O)N2CCN(C(=O)Cc3ccc(Cl)cc3)CC2)CC1=O. The van der Waals surface area contributed by atoms with Crippen LogP contribution in [0.15, 0.2) is 24.3 Å². The predicted molar refractivity (Wildman–Crippen MR) is 113 cm³/mol. The summed E-state index contributed by atoms with van der Waals surface area (Å²) in [6.45, 7) is 6.82. The highest BCUT2D eigenvalue weighted by atomic mass is 35.5. The molecular formula is C22H30ClN3O3. The molecule has 3 rings (SSSR count). The van der Waals surface area contributed by atoms with Crippen molar-refractivity contribution in [1.29, 1.82) is 0 Å². The molecule has 29 heavy (non-hydrogen) atoms. The third kappa shape index (κ3) is 5.10. The molecule has 6 nitrogen and oxygen atoms in total. The molecule has 0 N–H and O–H groups in total. The maximum Gasteiger partial charge on any atom is 0.228 e. The van der Waals surface area contributed by atoms with Crippen molar-refractivity contribution < 1.29 is 14.4 Å². The van der Waals surface area contributed by atoms with Crippen molar-refractivity contribution in [2.75, 3.05) is 32.7 Å². The Balaban J connectivity index is 1.50. The minimum absolute atomic E-state index is 0.0524. The van der Waals surface area contributed by atoms with Gasteiger partial charge in [0.2, 0.25) is 17.7 Å². The van der Waals surface area contributed by atoms with E-state index in [0.717, 1.165) is 18.4 Å². The van der Waals surface area contributed by atoms with E-state index in [1.807, 2.05) is 26.8 Å². The highest BCUT2D eigenvalue weighted by Crippen LogP contribution is 2.25. The van der Waals surface area contributed by atoms with E-state index in [0.29, 0.717) is 50.6 Å². The molecule has 1 aromatic carbocycles. The van der Waals surface area contributed by atoms with Crippen molar-refractivity contribution in [1.82, 2.24) is 14.7 Å². The summed E-state index contributed by atoms with van der Waals surface area (Å²) in [5.74, 6) is -0.0415. The van der Waals surface area contributed by atoms with Gasteiger partial charge in [0.15, 0.2) is 0 Å². The van der Waals surface area contributed by atoms with Crippen LogP contribution in [-0.4, -0.2) is 71.2 Å². The van der Waals surface area contributed by atoms with Crippen LogP contribution in [0.25, 0.3) is 0 Å². The Morgan fingerprint density at radius 1 is 1.03 bits per heavy atom. The molecule has 1 aromatic rings. The van der Waals surface area contributed by atoms with Crippen LogP contribution in [0.3, 0.4) is 0 Å². The van der Waals surface area contributed by atoms with Gasteiger partial charge in [-0.05, 0) is 30.5 Å². The Hall–Kier alpha value is -2.08. The lowest BCUT2D eigenvalue weighted by atomic mass is 10.1. The molecule has 2 aliphatic heterocycles. The van der Waals surface area contributed by atoms with Crippen LogP contribution in [0.1, 0.15) is 38.7 Å². The zero-order valence-corrected chi connectivity index (χ0v) is 18.0. The average molecular weight is 420 g/mol. The molecule has 0 aliphatic carbocycles. The number of halogens is 1. The molecule has 0 saturated carbocycles. The van der Waals surface area contributed by atoms with Gasteiger partial charge in [0.05, 0.1) is 12.3 Å². The molecule has 2 aliphatic rings. The molecule has 3 amide bonds. The van der Waals surface area contributed by atoms with E-state index in [4.69, 9.17) is 11.6 Å². The van der Waals surface area contributed by atoms with Gasteiger partial charge in [0.1, 0.15) is 0 Å². The molecule has 0 radical (unpaired) electrons. The van der Waals surface area contributed by atoms with Crippen molar-refractivity contribution in [3.8, 4) is 0 Å². The van der Waals surface area contributed by atoms with Crippen molar-refractivity contribution in [3.05, 3.63) is 34.9 Å². The van der Waals surface area contributed by atoms with Gasteiger partial charge in [0, 0.05) is 50.2 Å². The molecule has 0 spiro atoms. The number of carbonyl (C=O) groups excluding carboxylic acids is 3. The lowest BCUT2D eigenvalue weighted by molar-refractivity contribution is -0.141. The second-order valence-electron chi connectivity index (χ2n) is 7.93. The molecule has 0 aromatic heterocycles. The van der Waals surface area contributed by atoms with Gasteiger partial charge in [-0.25, -0.2) is 0 Å². The summed E-state index contributed by atoms with van der Waals surface area (Å²) in [5.41, 5.74) is 0.934. The van der Waals surface area contributed by atoms with Gasteiger partial charge in [-0.15, -0.1) is 0 Å². The van der Waals surface area contributed by atoms with Crippen LogP contribution in [0, 0.1) is 5.92 Å². The smallest absolute Gasteiger partial charge is 0.228 e. The average Bonchev–Trinajstić information content (AvgIpc) is 3.12. The molecule has 0 bridgehead atoms. The van der Waals surface area contributed by atoms with Crippen LogP contribution < -0.4 is 0 Å². The van der Waals surface area contributed by atoms with Crippen molar-refractivity contribution in [2.45, 2.75) is 45.6 Å². The van der Waals surface area contributed by atoms with Crippen molar-refractivity contribution in [2.24, 2.45) is 5.92 Å². The second kappa shape index (κ2) is 9.61. The number of hydrogen-bond donors (Lipinski definition) is 0. The number of nitrogens with zero attached hydrogens (tertiary/aromatic N) is 3. The van der Waals surface area contributed by atoms with Crippen molar-refractivity contribution >= 4 is 29.3 Å².